The van der Waals surface area contributed by atoms with Gasteiger partial charge in [0.15, 0.2) is 0 Å². The van der Waals surface area contributed by atoms with Crippen molar-refractivity contribution < 1.29 is 29.4 Å². The Kier molecular flexibility index (Phi) is 9.06. The summed E-state index contributed by atoms with van der Waals surface area (Å²) in [6.07, 6.45) is 0.0874. The molecule has 0 heterocycles. The third-order valence-corrected chi connectivity index (χ3v) is 3.88. The Hall–Kier alpha value is -2.98. The van der Waals surface area contributed by atoms with Crippen LogP contribution >= 0.6 is 0 Å². The molecule has 28 heavy (non-hydrogen) atoms. The summed E-state index contributed by atoms with van der Waals surface area (Å²) in [5.74, 6) is -3.35. The first-order chi connectivity index (χ1) is 13.1. The van der Waals surface area contributed by atoms with Crippen molar-refractivity contribution in [2.75, 3.05) is 6.61 Å². The average molecular weight is 394 g/mol. The fraction of sp³-hybridized carbons (Fsp3) is 0.444. The molecule has 10 heteroatoms. The van der Waals surface area contributed by atoms with E-state index < -0.39 is 54.5 Å². The first kappa shape index (κ1) is 23.1. The molecule has 0 saturated heterocycles. The highest BCUT2D eigenvalue weighted by molar-refractivity contribution is 5.93. The third kappa shape index (κ3) is 7.33. The van der Waals surface area contributed by atoms with Gasteiger partial charge in [-0.1, -0.05) is 30.3 Å². The summed E-state index contributed by atoms with van der Waals surface area (Å²) in [5.41, 5.74) is 6.18. The zero-order valence-electron chi connectivity index (χ0n) is 15.7. The molecule has 0 aliphatic rings. The lowest BCUT2D eigenvalue weighted by Crippen LogP contribution is -2.57. The number of aliphatic hydroxyl groups is 1. The molecule has 10 nitrogen and oxygen atoms in total. The van der Waals surface area contributed by atoms with Gasteiger partial charge < -0.3 is 31.9 Å². The smallest absolute Gasteiger partial charge is 0.328 e. The minimum absolute atomic E-state index is 0.0874. The van der Waals surface area contributed by atoms with E-state index >= 15 is 0 Å². The lowest BCUT2D eigenvalue weighted by Gasteiger charge is -2.23. The number of hydrogen-bond donors (Lipinski definition) is 6. The summed E-state index contributed by atoms with van der Waals surface area (Å²) in [5, 5.41) is 25.2. The van der Waals surface area contributed by atoms with Gasteiger partial charge in [-0.2, -0.15) is 0 Å². The van der Waals surface area contributed by atoms with Crippen molar-refractivity contribution in [3.05, 3.63) is 35.9 Å². The van der Waals surface area contributed by atoms with Crippen molar-refractivity contribution in [2.24, 2.45) is 5.73 Å². The Morgan fingerprint density at radius 3 is 2.00 bits per heavy atom. The highest BCUT2D eigenvalue weighted by atomic mass is 16.4. The summed E-state index contributed by atoms with van der Waals surface area (Å²) in [4.78, 5) is 47.6. The Morgan fingerprint density at radius 1 is 0.929 bits per heavy atom. The van der Waals surface area contributed by atoms with Crippen LogP contribution in [0.2, 0.25) is 0 Å². The van der Waals surface area contributed by atoms with Crippen LogP contribution in [0.4, 0.5) is 0 Å². The van der Waals surface area contributed by atoms with Crippen LogP contribution in [0, 0.1) is 0 Å². The lowest BCUT2D eigenvalue weighted by atomic mass is 10.0. The van der Waals surface area contributed by atoms with Crippen molar-refractivity contribution >= 4 is 23.7 Å². The molecule has 0 aliphatic carbocycles. The number of carbonyl (C=O) groups is 4. The first-order valence-corrected chi connectivity index (χ1v) is 8.70. The largest absolute Gasteiger partial charge is 0.480 e. The standard InChI is InChI=1S/C18H26N4O6/c1-10(19)15(24)20-11(2)16(25)21-13(8-12-6-4-3-5-7-12)17(26)22-14(9-23)18(27)28/h3-7,10-11,13-14,23H,8-9,19H2,1-2H3,(H,20,24)(H,21,25)(H,22,26)(H,27,28)/t10-,11-,13-,14-/m0/s1. The maximum atomic E-state index is 12.5. The molecule has 0 unspecified atom stereocenters. The van der Waals surface area contributed by atoms with Gasteiger partial charge in [0.2, 0.25) is 17.7 Å². The predicted molar refractivity (Wildman–Crippen MR) is 100.0 cm³/mol. The van der Waals surface area contributed by atoms with Crippen LogP contribution in [-0.2, 0) is 25.6 Å². The van der Waals surface area contributed by atoms with Gasteiger partial charge in [-0.05, 0) is 19.4 Å². The number of carboxylic acid groups (broad SMARTS) is 1. The molecular formula is C18H26N4O6. The molecule has 1 aromatic rings. The van der Waals surface area contributed by atoms with E-state index in [1.54, 1.807) is 30.3 Å². The molecule has 154 valence electrons. The molecule has 0 spiro atoms. The van der Waals surface area contributed by atoms with Gasteiger partial charge in [0.05, 0.1) is 12.6 Å². The minimum Gasteiger partial charge on any atom is -0.480 e. The number of amides is 3. The van der Waals surface area contributed by atoms with Crippen molar-refractivity contribution in [1.82, 2.24) is 16.0 Å². The second kappa shape index (κ2) is 11.0. The maximum Gasteiger partial charge on any atom is 0.328 e. The highest BCUT2D eigenvalue weighted by Gasteiger charge is 2.28. The summed E-state index contributed by atoms with van der Waals surface area (Å²) in [7, 11) is 0. The number of aliphatic carboxylic acids is 1. The first-order valence-electron chi connectivity index (χ1n) is 8.70. The van der Waals surface area contributed by atoms with E-state index in [1.807, 2.05) is 0 Å². The fourth-order valence-electron chi connectivity index (χ4n) is 2.22. The Balaban J connectivity index is 2.90. The molecule has 0 radical (unpaired) electrons. The van der Waals surface area contributed by atoms with Crippen molar-refractivity contribution in [3.63, 3.8) is 0 Å². The van der Waals surface area contributed by atoms with Gasteiger partial charge in [0.1, 0.15) is 18.1 Å². The molecule has 1 aromatic carbocycles. The highest BCUT2D eigenvalue weighted by Crippen LogP contribution is 2.05. The molecule has 4 atom stereocenters. The molecule has 1 rings (SSSR count). The summed E-state index contributed by atoms with van der Waals surface area (Å²) in [6.45, 7) is 2.10. The predicted octanol–water partition coefficient (Wildman–Crippen LogP) is -1.87. The van der Waals surface area contributed by atoms with Gasteiger partial charge in [-0.25, -0.2) is 4.79 Å². The second-order valence-corrected chi connectivity index (χ2v) is 6.35. The molecule has 0 bridgehead atoms. The van der Waals surface area contributed by atoms with Crippen LogP contribution in [0.5, 0.6) is 0 Å². The van der Waals surface area contributed by atoms with Crippen molar-refractivity contribution in [3.8, 4) is 0 Å². The summed E-state index contributed by atoms with van der Waals surface area (Å²) in [6, 6.07) is 4.40. The number of aliphatic hydroxyl groups excluding tert-OH is 1. The minimum atomic E-state index is -1.50. The zero-order valence-corrected chi connectivity index (χ0v) is 15.7. The second-order valence-electron chi connectivity index (χ2n) is 6.35. The van der Waals surface area contributed by atoms with Gasteiger partial charge >= 0.3 is 5.97 Å². The molecule has 0 aliphatic heterocycles. The SMILES string of the molecule is C[C@H](N)C(=O)N[C@@H](C)C(=O)N[C@@H](Cc1ccccc1)C(=O)N[C@@H](CO)C(=O)O. The topological polar surface area (TPSA) is 171 Å². The zero-order chi connectivity index (χ0) is 21.3. The fourth-order valence-corrected chi connectivity index (χ4v) is 2.22. The monoisotopic (exact) mass is 394 g/mol. The van der Waals surface area contributed by atoms with Crippen molar-refractivity contribution in [1.29, 1.82) is 0 Å². The van der Waals surface area contributed by atoms with Gasteiger partial charge in [0.25, 0.3) is 0 Å². The van der Waals surface area contributed by atoms with E-state index in [4.69, 9.17) is 15.9 Å². The average Bonchev–Trinajstić information content (AvgIpc) is 2.65. The molecule has 0 saturated carbocycles. The number of rotatable bonds is 10. The quantitative estimate of drug-likeness (QED) is 0.270. The van der Waals surface area contributed by atoms with Crippen LogP contribution < -0.4 is 21.7 Å². The van der Waals surface area contributed by atoms with E-state index in [-0.39, 0.29) is 6.42 Å². The van der Waals surface area contributed by atoms with E-state index in [1.165, 1.54) is 13.8 Å². The molecule has 3 amide bonds. The molecule has 0 aromatic heterocycles. The molecule has 0 fully saturated rings. The molecule has 7 N–H and O–H groups in total. The third-order valence-electron chi connectivity index (χ3n) is 3.88. The van der Waals surface area contributed by atoms with Crippen LogP contribution in [-0.4, -0.2) is 64.7 Å². The Labute approximate surface area is 162 Å². The van der Waals surface area contributed by atoms with Crippen LogP contribution in [0.25, 0.3) is 0 Å². The van der Waals surface area contributed by atoms with Gasteiger partial charge in [-0.3, -0.25) is 14.4 Å². The number of nitrogens with one attached hydrogen (secondary N) is 3. The number of hydrogen-bond acceptors (Lipinski definition) is 6. The number of carboxylic acids is 1. The van der Waals surface area contributed by atoms with Gasteiger partial charge in [0, 0.05) is 6.42 Å². The van der Waals surface area contributed by atoms with E-state index in [9.17, 15) is 19.2 Å². The van der Waals surface area contributed by atoms with Crippen LogP contribution in [0.15, 0.2) is 30.3 Å². The van der Waals surface area contributed by atoms with Crippen molar-refractivity contribution in [2.45, 2.75) is 44.4 Å². The Bertz CT molecular complexity index is 695. The summed E-state index contributed by atoms with van der Waals surface area (Å²) >= 11 is 0. The number of carbonyl (C=O) groups excluding carboxylic acids is 3. The van der Waals surface area contributed by atoms with E-state index in [0.717, 1.165) is 5.56 Å². The maximum absolute atomic E-state index is 12.5. The lowest BCUT2D eigenvalue weighted by molar-refractivity contribution is -0.143. The van der Waals surface area contributed by atoms with Crippen LogP contribution in [0.1, 0.15) is 19.4 Å². The number of benzene rings is 1. The van der Waals surface area contributed by atoms with Crippen LogP contribution in [0.3, 0.4) is 0 Å². The van der Waals surface area contributed by atoms with E-state index in [2.05, 4.69) is 16.0 Å². The molecular weight excluding hydrogens is 368 g/mol. The Morgan fingerprint density at radius 2 is 1.50 bits per heavy atom. The number of nitrogens with two attached hydrogens (primary N) is 1. The van der Waals surface area contributed by atoms with Gasteiger partial charge in [-0.15, -0.1) is 0 Å². The normalized spacial score (nSPS) is 14.9. The van der Waals surface area contributed by atoms with E-state index in [0.29, 0.717) is 0 Å². The summed E-state index contributed by atoms with van der Waals surface area (Å²) < 4.78 is 0.